The van der Waals surface area contributed by atoms with Gasteiger partial charge in [0.2, 0.25) is 0 Å². The van der Waals surface area contributed by atoms with Crippen molar-refractivity contribution in [2.24, 2.45) is 5.41 Å². The zero-order valence-corrected chi connectivity index (χ0v) is 12.7. The Hall–Kier alpha value is -0.750. The number of allylic oxidation sites excluding steroid dienone is 2. The molecule has 2 aliphatic rings. The lowest BCUT2D eigenvalue weighted by Crippen LogP contribution is -2.21. The monoisotopic (exact) mass is 274 g/mol. The van der Waals surface area contributed by atoms with Gasteiger partial charge in [0.05, 0.1) is 5.38 Å². The fourth-order valence-electron chi connectivity index (χ4n) is 3.36. The van der Waals surface area contributed by atoms with Crippen LogP contribution in [0.3, 0.4) is 0 Å². The van der Waals surface area contributed by atoms with Crippen molar-refractivity contribution in [1.29, 1.82) is 0 Å². The number of benzene rings is 1. The van der Waals surface area contributed by atoms with Gasteiger partial charge in [0, 0.05) is 0 Å². The van der Waals surface area contributed by atoms with Crippen LogP contribution in [0.5, 0.6) is 0 Å². The average Bonchev–Trinajstić information content (AvgIpc) is 2.25. The van der Waals surface area contributed by atoms with Crippen molar-refractivity contribution in [2.45, 2.75) is 57.2 Å². The molecule has 1 unspecified atom stereocenters. The van der Waals surface area contributed by atoms with Gasteiger partial charge in [0.15, 0.2) is 0 Å². The normalized spacial score (nSPS) is 26.7. The molecule has 0 saturated heterocycles. The summed E-state index contributed by atoms with van der Waals surface area (Å²) < 4.78 is 0. The van der Waals surface area contributed by atoms with Gasteiger partial charge in [-0.1, -0.05) is 50.6 Å². The van der Waals surface area contributed by atoms with Crippen LogP contribution in [0.1, 0.15) is 63.0 Å². The van der Waals surface area contributed by atoms with Crippen LogP contribution >= 0.6 is 11.6 Å². The fraction of sp³-hybridized carbons (Fsp3) is 0.556. The van der Waals surface area contributed by atoms with Gasteiger partial charge in [0.1, 0.15) is 0 Å². The molecule has 1 atom stereocenters. The number of rotatable bonds is 2. The summed E-state index contributed by atoms with van der Waals surface area (Å²) in [6.45, 7) is 4.64. The second kappa shape index (κ2) is 4.98. The maximum Gasteiger partial charge on any atom is 0.0527 e. The van der Waals surface area contributed by atoms with Crippen LogP contribution in [0.2, 0.25) is 0 Å². The molecule has 1 heteroatoms. The second-order valence-electron chi connectivity index (χ2n) is 7.00. The van der Waals surface area contributed by atoms with E-state index >= 15 is 0 Å². The molecule has 0 amide bonds. The van der Waals surface area contributed by atoms with E-state index in [1.165, 1.54) is 36.0 Å². The molecule has 0 N–H and O–H groups in total. The largest absolute Gasteiger partial charge is 0.118 e. The number of hydrogen-bond acceptors (Lipinski definition) is 0. The van der Waals surface area contributed by atoms with Crippen LogP contribution in [0.4, 0.5) is 0 Å². The highest BCUT2D eigenvalue weighted by Gasteiger charge is 2.28. The minimum Gasteiger partial charge on any atom is -0.118 e. The Morgan fingerprint density at radius 3 is 2.32 bits per heavy atom. The smallest absolute Gasteiger partial charge is 0.0527 e. The zero-order valence-electron chi connectivity index (χ0n) is 12.0. The predicted octanol–water partition coefficient (Wildman–Crippen LogP) is 5.76. The number of hydrogen-bond donors (Lipinski definition) is 0. The first-order valence-electron chi connectivity index (χ1n) is 7.49. The van der Waals surface area contributed by atoms with Crippen LogP contribution in [-0.4, -0.2) is 5.38 Å². The van der Waals surface area contributed by atoms with E-state index in [1.807, 2.05) is 0 Å². The highest BCUT2D eigenvalue weighted by molar-refractivity contribution is 6.22. The summed E-state index contributed by atoms with van der Waals surface area (Å²) in [5.74, 6) is 0.826. The van der Waals surface area contributed by atoms with E-state index in [4.69, 9.17) is 11.6 Å². The van der Waals surface area contributed by atoms with E-state index in [2.05, 4.69) is 44.2 Å². The molecule has 1 saturated carbocycles. The molecule has 1 aromatic rings. The van der Waals surface area contributed by atoms with Crippen LogP contribution in [0.15, 0.2) is 30.3 Å². The summed E-state index contributed by atoms with van der Waals surface area (Å²) in [6, 6.07) is 9.24. The van der Waals surface area contributed by atoms with Crippen molar-refractivity contribution in [3.63, 3.8) is 0 Å². The molecule has 1 aromatic carbocycles. The molecule has 0 nitrogen and oxygen atoms in total. The van der Waals surface area contributed by atoms with Gasteiger partial charge in [-0.25, -0.2) is 0 Å². The fourth-order valence-corrected chi connectivity index (χ4v) is 3.93. The van der Waals surface area contributed by atoms with Gasteiger partial charge in [-0.15, -0.1) is 11.6 Å². The van der Waals surface area contributed by atoms with Crippen molar-refractivity contribution in [1.82, 2.24) is 0 Å². The molecule has 0 radical (unpaired) electrons. The Morgan fingerprint density at radius 1 is 1.11 bits per heavy atom. The lowest BCUT2D eigenvalue weighted by Gasteiger charge is -2.32. The van der Waals surface area contributed by atoms with Crippen molar-refractivity contribution in [2.75, 3.05) is 0 Å². The van der Waals surface area contributed by atoms with Gasteiger partial charge < -0.3 is 0 Å². The summed E-state index contributed by atoms with van der Waals surface area (Å²) in [5.41, 5.74) is 4.63. The van der Waals surface area contributed by atoms with E-state index in [0.29, 0.717) is 5.41 Å². The topological polar surface area (TPSA) is 0 Å². The Morgan fingerprint density at radius 2 is 1.79 bits per heavy atom. The second-order valence-corrected chi connectivity index (χ2v) is 7.56. The minimum atomic E-state index is 0.185. The molecule has 0 bridgehead atoms. The summed E-state index contributed by atoms with van der Waals surface area (Å²) in [7, 11) is 0. The van der Waals surface area contributed by atoms with Crippen LogP contribution in [-0.2, 0) is 0 Å². The maximum atomic E-state index is 6.38. The summed E-state index contributed by atoms with van der Waals surface area (Å²) in [4.78, 5) is 0. The summed E-state index contributed by atoms with van der Waals surface area (Å²) in [6.07, 6.45) is 8.62. The van der Waals surface area contributed by atoms with Gasteiger partial charge in [-0.3, -0.25) is 0 Å². The molecule has 2 aliphatic carbocycles. The molecule has 0 heterocycles. The lowest BCUT2D eigenvalue weighted by atomic mass is 9.75. The number of alkyl halides is 1. The predicted molar refractivity (Wildman–Crippen MR) is 83.7 cm³/mol. The van der Waals surface area contributed by atoms with Crippen LogP contribution < -0.4 is 0 Å². The van der Waals surface area contributed by atoms with E-state index in [-0.39, 0.29) is 5.38 Å². The van der Waals surface area contributed by atoms with E-state index in [1.54, 1.807) is 0 Å². The van der Waals surface area contributed by atoms with Gasteiger partial charge in [-0.2, -0.15) is 0 Å². The average molecular weight is 275 g/mol. The SMILES string of the molecule is CC1(C)CC(c2ccc(C3CCC3)cc2)=CC(Cl)C1. The molecule has 102 valence electrons. The first kappa shape index (κ1) is 13.2. The first-order chi connectivity index (χ1) is 9.03. The Balaban J connectivity index is 1.81. The van der Waals surface area contributed by atoms with Crippen molar-refractivity contribution >= 4 is 17.2 Å². The molecule has 0 aliphatic heterocycles. The van der Waals surface area contributed by atoms with Crippen molar-refractivity contribution in [3.8, 4) is 0 Å². The molecule has 19 heavy (non-hydrogen) atoms. The summed E-state index contributed by atoms with van der Waals surface area (Å²) in [5, 5.41) is 0.185. The van der Waals surface area contributed by atoms with E-state index in [0.717, 1.165) is 18.8 Å². The third-order valence-electron chi connectivity index (χ3n) is 4.66. The van der Waals surface area contributed by atoms with Crippen LogP contribution in [0.25, 0.3) is 5.57 Å². The molecular weight excluding hydrogens is 252 g/mol. The molecular formula is C18H23Cl. The highest BCUT2D eigenvalue weighted by Crippen LogP contribution is 2.42. The maximum absolute atomic E-state index is 6.38. The molecule has 0 spiro atoms. The zero-order chi connectivity index (χ0) is 13.5. The van der Waals surface area contributed by atoms with E-state index in [9.17, 15) is 0 Å². The van der Waals surface area contributed by atoms with Gasteiger partial charge >= 0.3 is 0 Å². The van der Waals surface area contributed by atoms with Gasteiger partial charge in [-0.05, 0) is 53.7 Å². The highest BCUT2D eigenvalue weighted by atomic mass is 35.5. The summed E-state index contributed by atoms with van der Waals surface area (Å²) >= 11 is 6.38. The molecule has 3 rings (SSSR count). The van der Waals surface area contributed by atoms with Crippen LogP contribution in [0, 0.1) is 5.41 Å². The molecule has 0 aromatic heterocycles. The Bertz CT molecular complexity index is 477. The Kier molecular flexibility index (Phi) is 3.47. The minimum absolute atomic E-state index is 0.185. The van der Waals surface area contributed by atoms with Gasteiger partial charge in [0.25, 0.3) is 0 Å². The molecule has 1 fully saturated rings. The van der Waals surface area contributed by atoms with Crippen molar-refractivity contribution < 1.29 is 0 Å². The third-order valence-corrected chi connectivity index (χ3v) is 4.94. The van der Waals surface area contributed by atoms with Crippen molar-refractivity contribution in [3.05, 3.63) is 41.5 Å². The van der Waals surface area contributed by atoms with E-state index < -0.39 is 0 Å². The standard InChI is InChI=1S/C18H23Cl/c1-18(2)11-16(10-17(19)12-18)15-8-6-14(7-9-15)13-4-3-5-13/h6-10,13,17H,3-5,11-12H2,1-2H3. The third kappa shape index (κ3) is 2.89. The lowest BCUT2D eigenvalue weighted by molar-refractivity contribution is 0.340. The Labute approximate surface area is 121 Å². The number of halogens is 1. The quantitative estimate of drug-likeness (QED) is 0.601. The first-order valence-corrected chi connectivity index (χ1v) is 7.92.